The van der Waals surface area contributed by atoms with Gasteiger partial charge in [-0.1, -0.05) is 0 Å². The lowest BCUT2D eigenvalue weighted by Gasteiger charge is -2.09. The Kier molecular flexibility index (Phi) is 5.41. The molecular formula is C15H13IN2O3S. The Morgan fingerprint density at radius 1 is 1.27 bits per heavy atom. The summed E-state index contributed by atoms with van der Waals surface area (Å²) < 4.78 is 1.08. The molecule has 0 aromatic heterocycles. The van der Waals surface area contributed by atoms with E-state index in [4.69, 9.17) is 0 Å². The minimum Gasteiger partial charge on any atom is -0.322 e. The highest BCUT2D eigenvalue weighted by molar-refractivity contribution is 14.1. The highest BCUT2D eigenvalue weighted by atomic mass is 127. The second-order valence-corrected chi connectivity index (χ2v) is 6.65. The molecule has 0 heterocycles. The number of aryl methyl sites for hydroxylation is 1. The summed E-state index contributed by atoms with van der Waals surface area (Å²) in [5.41, 5.74) is 1.85. The first-order chi connectivity index (χ1) is 10.4. The SMILES string of the molecule is CSc1ccc(C(=O)Nc2ccc(I)cc2C)cc1[N+](=O)[O-]. The van der Waals surface area contributed by atoms with Gasteiger partial charge in [-0.05, 0) is 71.7 Å². The average Bonchev–Trinajstić information content (AvgIpc) is 2.49. The summed E-state index contributed by atoms with van der Waals surface area (Å²) in [6, 6.07) is 10.2. The van der Waals surface area contributed by atoms with Gasteiger partial charge in [-0.2, -0.15) is 0 Å². The second-order valence-electron chi connectivity index (χ2n) is 4.56. The highest BCUT2D eigenvalue weighted by Crippen LogP contribution is 2.28. The fraction of sp³-hybridized carbons (Fsp3) is 0.133. The van der Waals surface area contributed by atoms with Crippen LogP contribution >= 0.6 is 34.4 Å². The molecule has 2 rings (SSSR count). The van der Waals surface area contributed by atoms with Crippen molar-refractivity contribution in [3.63, 3.8) is 0 Å². The lowest BCUT2D eigenvalue weighted by Crippen LogP contribution is -2.13. The van der Waals surface area contributed by atoms with Gasteiger partial charge in [0.1, 0.15) is 0 Å². The lowest BCUT2D eigenvalue weighted by atomic mass is 10.1. The van der Waals surface area contributed by atoms with Crippen molar-refractivity contribution < 1.29 is 9.72 Å². The molecule has 22 heavy (non-hydrogen) atoms. The molecule has 1 amide bonds. The molecule has 0 spiro atoms. The lowest BCUT2D eigenvalue weighted by molar-refractivity contribution is -0.387. The van der Waals surface area contributed by atoms with Gasteiger partial charge in [-0.15, -0.1) is 11.8 Å². The Morgan fingerprint density at radius 3 is 2.59 bits per heavy atom. The summed E-state index contributed by atoms with van der Waals surface area (Å²) in [4.78, 5) is 23.4. The van der Waals surface area contributed by atoms with Crippen LogP contribution in [0.2, 0.25) is 0 Å². The van der Waals surface area contributed by atoms with Crippen LogP contribution in [-0.4, -0.2) is 17.1 Å². The number of carbonyl (C=O) groups excluding carboxylic acids is 1. The molecule has 2 aromatic carbocycles. The van der Waals surface area contributed by atoms with Gasteiger partial charge < -0.3 is 5.32 Å². The fourth-order valence-corrected chi connectivity index (χ4v) is 3.13. The quantitative estimate of drug-likeness (QED) is 0.337. The third-order valence-electron chi connectivity index (χ3n) is 3.07. The number of hydrogen-bond acceptors (Lipinski definition) is 4. The Morgan fingerprint density at radius 2 is 2.00 bits per heavy atom. The molecule has 0 saturated heterocycles. The Balaban J connectivity index is 2.30. The summed E-state index contributed by atoms with van der Waals surface area (Å²) in [5, 5.41) is 13.9. The maximum Gasteiger partial charge on any atom is 0.283 e. The van der Waals surface area contributed by atoms with Crippen molar-refractivity contribution in [3.8, 4) is 0 Å². The van der Waals surface area contributed by atoms with Crippen LogP contribution in [0.1, 0.15) is 15.9 Å². The predicted octanol–water partition coefficient (Wildman–Crippen LogP) is 4.48. The number of nitrogens with one attached hydrogen (secondary N) is 1. The van der Waals surface area contributed by atoms with Crippen molar-refractivity contribution in [1.82, 2.24) is 0 Å². The van der Waals surface area contributed by atoms with Gasteiger partial charge in [0.25, 0.3) is 11.6 Å². The maximum absolute atomic E-state index is 12.3. The van der Waals surface area contributed by atoms with Crippen molar-refractivity contribution in [3.05, 3.63) is 61.2 Å². The number of halogens is 1. The van der Waals surface area contributed by atoms with E-state index in [2.05, 4.69) is 27.9 Å². The average molecular weight is 428 g/mol. The van der Waals surface area contributed by atoms with Crippen LogP contribution in [-0.2, 0) is 0 Å². The monoisotopic (exact) mass is 428 g/mol. The van der Waals surface area contributed by atoms with Crippen LogP contribution in [0.25, 0.3) is 0 Å². The fourth-order valence-electron chi connectivity index (χ4n) is 1.94. The van der Waals surface area contributed by atoms with Crippen LogP contribution in [0.15, 0.2) is 41.3 Å². The molecular weight excluding hydrogens is 415 g/mol. The number of nitrogens with zero attached hydrogens (tertiary/aromatic N) is 1. The van der Waals surface area contributed by atoms with Crippen molar-refractivity contribution in [2.24, 2.45) is 0 Å². The minimum absolute atomic E-state index is 0.0560. The number of amides is 1. The zero-order chi connectivity index (χ0) is 16.3. The van der Waals surface area contributed by atoms with E-state index in [9.17, 15) is 14.9 Å². The first-order valence-corrected chi connectivity index (χ1v) is 8.62. The second kappa shape index (κ2) is 7.10. The van der Waals surface area contributed by atoms with Gasteiger partial charge >= 0.3 is 0 Å². The normalized spacial score (nSPS) is 10.3. The van der Waals surface area contributed by atoms with Crippen molar-refractivity contribution in [2.45, 2.75) is 11.8 Å². The molecule has 0 radical (unpaired) electrons. The van der Waals surface area contributed by atoms with E-state index in [0.29, 0.717) is 10.6 Å². The van der Waals surface area contributed by atoms with Crippen molar-refractivity contribution in [2.75, 3.05) is 11.6 Å². The Bertz CT molecular complexity index is 750. The molecule has 0 aliphatic carbocycles. The molecule has 0 atom stereocenters. The van der Waals surface area contributed by atoms with Gasteiger partial charge in [0.15, 0.2) is 0 Å². The topological polar surface area (TPSA) is 72.2 Å². The first kappa shape index (κ1) is 16.8. The van der Waals surface area contributed by atoms with Crippen LogP contribution in [0.5, 0.6) is 0 Å². The molecule has 0 aliphatic heterocycles. The van der Waals surface area contributed by atoms with E-state index < -0.39 is 4.92 Å². The number of rotatable bonds is 4. The van der Waals surface area contributed by atoms with Crippen molar-refractivity contribution in [1.29, 1.82) is 0 Å². The third-order valence-corrected chi connectivity index (χ3v) is 4.53. The zero-order valence-electron chi connectivity index (χ0n) is 11.9. The third kappa shape index (κ3) is 3.77. The molecule has 114 valence electrons. The molecule has 7 heteroatoms. The van der Waals surface area contributed by atoms with Gasteiger partial charge in [0.05, 0.1) is 9.82 Å². The summed E-state index contributed by atoms with van der Waals surface area (Å²) in [7, 11) is 0. The molecule has 0 fully saturated rings. The van der Waals surface area contributed by atoms with Gasteiger partial charge in [0, 0.05) is 20.9 Å². The molecule has 0 aliphatic rings. The maximum atomic E-state index is 12.3. The van der Waals surface area contributed by atoms with Gasteiger partial charge in [-0.3, -0.25) is 14.9 Å². The molecule has 0 saturated carbocycles. The number of thioether (sulfide) groups is 1. The van der Waals surface area contributed by atoms with E-state index in [-0.39, 0.29) is 17.2 Å². The summed E-state index contributed by atoms with van der Waals surface area (Å²) in [6.07, 6.45) is 1.76. The molecule has 0 bridgehead atoms. The van der Waals surface area contributed by atoms with Gasteiger partial charge in [-0.25, -0.2) is 0 Å². The minimum atomic E-state index is -0.473. The standard InChI is InChI=1S/C15H13IN2O3S/c1-9-7-11(16)4-5-12(9)17-15(19)10-3-6-14(22-2)13(8-10)18(20)21/h3-8H,1-2H3,(H,17,19). The number of anilines is 1. The van der Waals surface area contributed by atoms with Crippen LogP contribution in [0, 0.1) is 20.6 Å². The number of nitro groups is 1. The van der Waals surface area contributed by atoms with E-state index in [1.165, 1.54) is 17.8 Å². The van der Waals surface area contributed by atoms with Gasteiger partial charge in [0.2, 0.25) is 0 Å². The van der Waals surface area contributed by atoms with E-state index in [1.54, 1.807) is 18.4 Å². The van der Waals surface area contributed by atoms with Crippen LogP contribution in [0.3, 0.4) is 0 Å². The smallest absolute Gasteiger partial charge is 0.283 e. The molecule has 5 nitrogen and oxygen atoms in total. The van der Waals surface area contributed by atoms with Crippen LogP contribution in [0.4, 0.5) is 11.4 Å². The first-order valence-electron chi connectivity index (χ1n) is 6.32. The number of nitro benzene ring substituents is 1. The van der Waals surface area contributed by atoms with E-state index in [1.807, 2.05) is 25.1 Å². The number of benzene rings is 2. The summed E-state index contributed by atoms with van der Waals surface area (Å²) in [5.74, 6) is -0.361. The molecule has 0 unspecified atom stereocenters. The highest BCUT2D eigenvalue weighted by Gasteiger charge is 2.17. The Labute approximate surface area is 145 Å². The van der Waals surface area contributed by atoms with E-state index in [0.717, 1.165) is 9.13 Å². The zero-order valence-corrected chi connectivity index (χ0v) is 14.9. The number of hydrogen-bond donors (Lipinski definition) is 1. The number of carbonyl (C=O) groups is 1. The summed E-state index contributed by atoms with van der Waals surface area (Å²) >= 11 is 3.47. The van der Waals surface area contributed by atoms with Crippen LogP contribution < -0.4 is 5.32 Å². The molecule has 1 N–H and O–H groups in total. The Hall–Kier alpha value is -1.61. The van der Waals surface area contributed by atoms with E-state index >= 15 is 0 Å². The summed E-state index contributed by atoms with van der Waals surface area (Å²) in [6.45, 7) is 1.90. The molecule has 2 aromatic rings. The largest absolute Gasteiger partial charge is 0.322 e. The predicted molar refractivity (Wildman–Crippen MR) is 96.7 cm³/mol. The van der Waals surface area contributed by atoms with Crippen molar-refractivity contribution >= 4 is 51.6 Å².